The first-order valence-electron chi connectivity index (χ1n) is 6.63. The third-order valence-corrected chi connectivity index (χ3v) is 3.35. The smallest absolute Gasteiger partial charge is 0.0317 e. The first kappa shape index (κ1) is 13.6. The van der Waals surface area contributed by atoms with Crippen molar-refractivity contribution in [1.29, 1.82) is 0 Å². The van der Waals surface area contributed by atoms with Crippen LogP contribution in [0.4, 0.5) is 5.69 Å². The van der Waals surface area contributed by atoms with Crippen LogP contribution in [0.3, 0.4) is 0 Å². The fraction of sp³-hybridized carbons (Fsp3) is 0.294. The zero-order valence-corrected chi connectivity index (χ0v) is 12.0. The monoisotopic (exact) mass is 254 g/mol. The van der Waals surface area contributed by atoms with Crippen LogP contribution in [0.1, 0.15) is 22.3 Å². The fourth-order valence-electron chi connectivity index (χ4n) is 2.32. The molecule has 0 aliphatic heterocycles. The molecule has 0 bridgehead atoms. The Morgan fingerprint density at radius 3 is 2.53 bits per heavy atom. The predicted molar refractivity (Wildman–Crippen MR) is 81.9 cm³/mol. The van der Waals surface area contributed by atoms with Gasteiger partial charge in [-0.3, -0.25) is 4.90 Å². The van der Waals surface area contributed by atoms with E-state index < -0.39 is 0 Å². The van der Waals surface area contributed by atoms with Gasteiger partial charge in [0, 0.05) is 18.8 Å². The summed E-state index contributed by atoms with van der Waals surface area (Å²) in [5.74, 6) is 0. The van der Waals surface area contributed by atoms with E-state index in [-0.39, 0.29) is 0 Å². The van der Waals surface area contributed by atoms with Crippen LogP contribution in [0.15, 0.2) is 42.5 Å². The second-order valence-electron chi connectivity index (χ2n) is 5.35. The van der Waals surface area contributed by atoms with Gasteiger partial charge in [0.15, 0.2) is 0 Å². The Bertz CT molecular complexity index is 561. The summed E-state index contributed by atoms with van der Waals surface area (Å²) >= 11 is 0. The first-order valence-corrected chi connectivity index (χ1v) is 6.63. The highest BCUT2D eigenvalue weighted by Crippen LogP contribution is 2.15. The number of aryl methyl sites for hydroxylation is 2. The standard InChI is InChI=1S/C17H22N2/c1-13-7-8-14(2)16(9-13)12-19(3)11-15-5-4-6-17(18)10-15/h4-10H,11-12,18H2,1-3H3. The van der Waals surface area contributed by atoms with Crippen molar-refractivity contribution in [2.45, 2.75) is 26.9 Å². The van der Waals surface area contributed by atoms with E-state index >= 15 is 0 Å². The number of nitrogen functional groups attached to an aromatic ring is 1. The van der Waals surface area contributed by atoms with Gasteiger partial charge in [-0.1, -0.05) is 35.9 Å². The van der Waals surface area contributed by atoms with E-state index in [4.69, 9.17) is 5.73 Å². The van der Waals surface area contributed by atoms with E-state index in [0.717, 1.165) is 18.8 Å². The summed E-state index contributed by atoms with van der Waals surface area (Å²) in [6.45, 7) is 6.19. The van der Waals surface area contributed by atoms with Gasteiger partial charge in [-0.2, -0.15) is 0 Å². The summed E-state index contributed by atoms with van der Waals surface area (Å²) in [5, 5.41) is 0. The van der Waals surface area contributed by atoms with Gasteiger partial charge in [-0.05, 0) is 49.7 Å². The van der Waals surface area contributed by atoms with Crippen molar-refractivity contribution in [2.24, 2.45) is 0 Å². The minimum absolute atomic E-state index is 0.831. The summed E-state index contributed by atoms with van der Waals surface area (Å²) in [5.41, 5.74) is 12.0. The molecule has 2 nitrogen and oxygen atoms in total. The van der Waals surface area contributed by atoms with Crippen LogP contribution in [-0.4, -0.2) is 11.9 Å². The molecule has 100 valence electrons. The lowest BCUT2D eigenvalue weighted by Gasteiger charge is -2.18. The van der Waals surface area contributed by atoms with Gasteiger partial charge in [-0.25, -0.2) is 0 Å². The van der Waals surface area contributed by atoms with Crippen molar-refractivity contribution >= 4 is 5.69 Å². The molecule has 0 fully saturated rings. The van der Waals surface area contributed by atoms with E-state index in [0.29, 0.717) is 0 Å². The number of anilines is 1. The number of hydrogen-bond donors (Lipinski definition) is 1. The average molecular weight is 254 g/mol. The normalized spacial score (nSPS) is 10.9. The quantitative estimate of drug-likeness (QED) is 0.846. The molecule has 2 aromatic carbocycles. The van der Waals surface area contributed by atoms with Crippen molar-refractivity contribution < 1.29 is 0 Å². The Balaban J connectivity index is 2.05. The molecule has 2 heteroatoms. The first-order chi connectivity index (χ1) is 9.04. The Labute approximate surface area is 115 Å². The molecule has 2 aromatic rings. The van der Waals surface area contributed by atoms with E-state index in [2.05, 4.69) is 50.1 Å². The van der Waals surface area contributed by atoms with Gasteiger partial charge >= 0.3 is 0 Å². The molecular formula is C17H22N2. The van der Waals surface area contributed by atoms with Gasteiger partial charge in [0.2, 0.25) is 0 Å². The summed E-state index contributed by atoms with van der Waals surface area (Å²) in [6.07, 6.45) is 0. The third kappa shape index (κ3) is 3.83. The summed E-state index contributed by atoms with van der Waals surface area (Å²) in [4.78, 5) is 2.32. The van der Waals surface area contributed by atoms with Gasteiger partial charge < -0.3 is 5.73 Å². The topological polar surface area (TPSA) is 29.3 Å². The lowest BCUT2D eigenvalue weighted by Crippen LogP contribution is -2.18. The van der Waals surface area contributed by atoms with Crippen molar-refractivity contribution in [3.05, 3.63) is 64.7 Å². The molecular weight excluding hydrogens is 232 g/mol. The molecule has 0 unspecified atom stereocenters. The maximum absolute atomic E-state index is 5.81. The van der Waals surface area contributed by atoms with Crippen LogP contribution in [-0.2, 0) is 13.1 Å². The fourth-order valence-corrected chi connectivity index (χ4v) is 2.32. The van der Waals surface area contributed by atoms with Crippen molar-refractivity contribution in [3.8, 4) is 0 Å². The SMILES string of the molecule is Cc1ccc(C)c(CN(C)Cc2cccc(N)c2)c1. The van der Waals surface area contributed by atoms with E-state index in [1.165, 1.54) is 22.3 Å². The number of nitrogens with two attached hydrogens (primary N) is 1. The molecule has 2 N–H and O–H groups in total. The maximum atomic E-state index is 5.81. The van der Waals surface area contributed by atoms with Gasteiger partial charge in [0.1, 0.15) is 0 Å². The number of nitrogens with zero attached hydrogens (tertiary/aromatic N) is 1. The zero-order valence-electron chi connectivity index (χ0n) is 12.0. The molecule has 0 aliphatic rings. The van der Waals surface area contributed by atoms with Crippen LogP contribution in [0, 0.1) is 13.8 Å². The highest BCUT2D eigenvalue weighted by atomic mass is 15.1. The molecule has 0 aliphatic carbocycles. The lowest BCUT2D eigenvalue weighted by atomic mass is 10.1. The molecule has 0 aromatic heterocycles. The van der Waals surface area contributed by atoms with Gasteiger partial charge in [0.05, 0.1) is 0 Å². The minimum Gasteiger partial charge on any atom is -0.399 e. The summed E-state index contributed by atoms with van der Waals surface area (Å²) < 4.78 is 0. The number of benzene rings is 2. The van der Waals surface area contributed by atoms with E-state index in [1.807, 2.05) is 18.2 Å². The number of rotatable bonds is 4. The Morgan fingerprint density at radius 2 is 1.79 bits per heavy atom. The summed E-state index contributed by atoms with van der Waals surface area (Å²) in [7, 11) is 2.14. The highest BCUT2D eigenvalue weighted by Gasteiger charge is 2.05. The van der Waals surface area contributed by atoms with Crippen LogP contribution < -0.4 is 5.73 Å². The van der Waals surface area contributed by atoms with E-state index in [9.17, 15) is 0 Å². The third-order valence-electron chi connectivity index (χ3n) is 3.35. The molecule has 0 saturated carbocycles. The van der Waals surface area contributed by atoms with E-state index in [1.54, 1.807) is 0 Å². The average Bonchev–Trinajstić information content (AvgIpc) is 2.34. The largest absolute Gasteiger partial charge is 0.399 e. The predicted octanol–water partition coefficient (Wildman–Crippen LogP) is 3.52. The second-order valence-corrected chi connectivity index (χ2v) is 5.35. The molecule has 0 radical (unpaired) electrons. The molecule has 0 spiro atoms. The molecule has 0 atom stereocenters. The Kier molecular flexibility index (Phi) is 4.23. The Hall–Kier alpha value is -1.80. The molecule has 0 saturated heterocycles. The maximum Gasteiger partial charge on any atom is 0.0317 e. The van der Waals surface area contributed by atoms with Crippen molar-refractivity contribution in [1.82, 2.24) is 4.90 Å². The lowest BCUT2D eigenvalue weighted by molar-refractivity contribution is 0.318. The van der Waals surface area contributed by atoms with Crippen LogP contribution in [0.5, 0.6) is 0 Å². The molecule has 0 amide bonds. The van der Waals surface area contributed by atoms with Crippen molar-refractivity contribution in [3.63, 3.8) is 0 Å². The van der Waals surface area contributed by atoms with Gasteiger partial charge in [-0.15, -0.1) is 0 Å². The zero-order chi connectivity index (χ0) is 13.8. The Morgan fingerprint density at radius 1 is 1.00 bits per heavy atom. The van der Waals surface area contributed by atoms with Crippen LogP contribution in [0.2, 0.25) is 0 Å². The second kappa shape index (κ2) is 5.89. The van der Waals surface area contributed by atoms with Crippen molar-refractivity contribution in [2.75, 3.05) is 12.8 Å². The molecule has 19 heavy (non-hydrogen) atoms. The minimum atomic E-state index is 0.831. The molecule has 2 rings (SSSR count). The van der Waals surface area contributed by atoms with Crippen LogP contribution >= 0.6 is 0 Å². The van der Waals surface area contributed by atoms with Gasteiger partial charge in [0.25, 0.3) is 0 Å². The highest BCUT2D eigenvalue weighted by molar-refractivity contribution is 5.40. The molecule has 0 heterocycles. The van der Waals surface area contributed by atoms with Crippen LogP contribution in [0.25, 0.3) is 0 Å². The summed E-state index contributed by atoms with van der Waals surface area (Å²) in [6, 6.07) is 14.7. The number of hydrogen-bond acceptors (Lipinski definition) is 2.